The molecule has 2 aliphatic rings. The maximum atomic E-state index is 5.53. The highest BCUT2D eigenvalue weighted by Crippen LogP contribution is 2.33. The molecule has 0 bridgehead atoms. The van der Waals surface area contributed by atoms with E-state index in [-0.39, 0.29) is 5.54 Å². The van der Waals surface area contributed by atoms with Crippen molar-refractivity contribution in [2.24, 2.45) is 0 Å². The van der Waals surface area contributed by atoms with Crippen LogP contribution >= 0.6 is 0 Å². The quantitative estimate of drug-likeness (QED) is 0.889. The minimum atomic E-state index is -0.0684. The normalized spacial score (nSPS) is 28.8. The average Bonchev–Trinajstić information content (AvgIpc) is 3.09. The van der Waals surface area contributed by atoms with E-state index in [1.807, 2.05) is 0 Å². The molecule has 100 valence electrons. The zero-order valence-corrected chi connectivity index (χ0v) is 11.1. The van der Waals surface area contributed by atoms with Crippen molar-refractivity contribution in [1.82, 2.24) is 15.5 Å². The van der Waals surface area contributed by atoms with E-state index in [2.05, 4.69) is 27.3 Å². The van der Waals surface area contributed by atoms with E-state index in [1.54, 1.807) is 0 Å². The Morgan fingerprint density at radius 1 is 1.28 bits per heavy atom. The summed E-state index contributed by atoms with van der Waals surface area (Å²) in [5, 5.41) is 7.71. The van der Waals surface area contributed by atoms with Gasteiger partial charge in [0, 0.05) is 13.1 Å². The summed E-state index contributed by atoms with van der Waals surface area (Å²) in [4.78, 5) is 6.89. The third-order valence-corrected chi connectivity index (χ3v) is 4.31. The first-order valence-electron chi connectivity index (χ1n) is 7.18. The number of aromatic nitrogens is 2. The van der Waals surface area contributed by atoms with Gasteiger partial charge < -0.3 is 14.7 Å². The fraction of sp³-hybridized carbons (Fsp3) is 0.846. The van der Waals surface area contributed by atoms with Gasteiger partial charge in [0.2, 0.25) is 5.89 Å². The lowest BCUT2D eigenvalue weighted by atomic mass is 9.94. The molecule has 2 saturated heterocycles. The molecule has 1 unspecified atom stereocenters. The highest BCUT2D eigenvalue weighted by Gasteiger charge is 2.39. The first kappa shape index (κ1) is 12.0. The second-order valence-electron chi connectivity index (χ2n) is 5.41. The molecule has 1 N–H and O–H groups in total. The third-order valence-electron chi connectivity index (χ3n) is 4.31. The summed E-state index contributed by atoms with van der Waals surface area (Å²) in [6.07, 6.45) is 7.10. The number of piperidine rings is 1. The Balaban J connectivity index is 1.79. The summed E-state index contributed by atoms with van der Waals surface area (Å²) in [5.74, 6) is 1.56. The van der Waals surface area contributed by atoms with Crippen LogP contribution in [-0.4, -0.2) is 29.8 Å². The van der Waals surface area contributed by atoms with Gasteiger partial charge in [-0.15, -0.1) is 0 Å². The van der Waals surface area contributed by atoms with Crippen molar-refractivity contribution in [3.8, 4) is 0 Å². The van der Waals surface area contributed by atoms with Crippen LogP contribution in [0.4, 0.5) is 5.95 Å². The van der Waals surface area contributed by atoms with Gasteiger partial charge in [0.15, 0.2) is 0 Å². The van der Waals surface area contributed by atoms with Crippen LogP contribution in [-0.2, 0) is 5.54 Å². The number of nitrogens with one attached hydrogen (secondary N) is 1. The van der Waals surface area contributed by atoms with E-state index >= 15 is 0 Å². The molecule has 0 spiro atoms. The van der Waals surface area contributed by atoms with Crippen LogP contribution in [0, 0.1) is 0 Å². The average molecular weight is 250 g/mol. The van der Waals surface area contributed by atoms with Gasteiger partial charge in [-0.3, -0.25) is 0 Å². The number of anilines is 1. The second-order valence-corrected chi connectivity index (χ2v) is 5.41. The van der Waals surface area contributed by atoms with E-state index in [0.717, 1.165) is 44.3 Å². The molecule has 0 radical (unpaired) electrons. The molecule has 3 rings (SSSR count). The van der Waals surface area contributed by atoms with Crippen molar-refractivity contribution in [1.29, 1.82) is 0 Å². The standard InChI is InChI=1S/C13H22N4O/c1-2-13(7-6-8-14-13)11-15-12(16-18-11)17-9-4-3-5-10-17/h14H,2-10H2,1H3. The van der Waals surface area contributed by atoms with Gasteiger partial charge in [0.25, 0.3) is 5.95 Å². The summed E-state index contributed by atoms with van der Waals surface area (Å²) in [5.41, 5.74) is -0.0684. The van der Waals surface area contributed by atoms with E-state index in [4.69, 9.17) is 4.52 Å². The van der Waals surface area contributed by atoms with Gasteiger partial charge in [-0.1, -0.05) is 6.92 Å². The fourth-order valence-corrected chi connectivity index (χ4v) is 3.07. The molecule has 1 aromatic heterocycles. The fourth-order valence-electron chi connectivity index (χ4n) is 3.07. The van der Waals surface area contributed by atoms with Gasteiger partial charge in [0.05, 0.1) is 5.54 Å². The predicted molar refractivity (Wildman–Crippen MR) is 69.6 cm³/mol. The number of hydrogen-bond acceptors (Lipinski definition) is 5. The maximum absolute atomic E-state index is 5.53. The molecule has 1 atom stereocenters. The van der Waals surface area contributed by atoms with Crippen LogP contribution in [0.25, 0.3) is 0 Å². The predicted octanol–water partition coefficient (Wildman–Crippen LogP) is 2.05. The van der Waals surface area contributed by atoms with E-state index in [1.165, 1.54) is 25.7 Å². The van der Waals surface area contributed by atoms with Crippen LogP contribution in [0.15, 0.2) is 4.52 Å². The van der Waals surface area contributed by atoms with Gasteiger partial charge in [-0.25, -0.2) is 0 Å². The smallest absolute Gasteiger partial charge is 0.266 e. The Hall–Kier alpha value is -1.10. The Bertz CT molecular complexity index is 391. The van der Waals surface area contributed by atoms with E-state index in [0.29, 0.717) is 0 Å². The number of hydrogen-bond donors (Lipinski definition) is 1. The first-order chi connectivity index (χ1) is 8.84. The Kier molecular flexibility index (Phi) is 3.24. The molecule has 18 heavy (non-hydrogen) atoms. The molecule has 5 nitrogen and oxygen atoms in total. The van der Waals surface area contributed by atoms with Crippen molar-refractivity contribution in [3.63, 3.8) is 0 Å². The highest BCUT2D eigenvalue weighted by atomic mass is 16.5. The molecule has 2 aliphatic heterocycles. The molecular formula is C13H22N4O. The molecule has 0 saturated carbocycles. The summed E-state index contributed by atoms with van der Waals surface area (Å²) in [7, 11) is 0. The zero-order valence-electron chi connectivity index (χ0n) is 11.1. The van der Waals surface area contributed by atoms with Crippen LogP contribution < -0.4 is 10.2 Å². The van der Waals surface area contributed by atoms with Gasteiger partial charge in [-0.2, -0.15) is 4.98 Å². The number of rotatable bonds is 3. The highest BCUT2D eigenvalue weighted by molar-refractivity contribution is 5.29. The SMILES string of the molecule is CCC1(c2nc(N3CCCCC3)no2)CCCN1. The van der Waals surface area contributed by atoms with Crippen molar-refractivity contribution in [3.05, 3.63) is 5.89 Å². The largest absolute Gasteiger partial charge is 0.338 e. The van der Waals surface area contributed by atoms with Crippen molar-refractivity contribution < 1.29 is 4.52 Å². The van der Waals surface area contributed by atoms with Crippen LogP contribution in [0.5, 0.6) is 0 Å². The minimum absolute atomic E-state index is 0.0684. The van der Waals surface area contributed by atoms with E-state index < -0.39 is 0 Å². The van der Waals surface area contributed by atoms with Gasteiger partial charge in [-0.05, 0) is 50.2 Å². The molecule has 5 heteroatoms. The third kappa shape index (κ3) is 2.00. The summed E-state index contributed by atoms with van der Waals surface area (Å²) >= 11 is 0. The van der Waals surface area contributed by atoms with Crippen molar-refractivity contribution >= 4 is 5.95 Å². The van der Waals surface area contributed by atoms with E-state index in [9.17, 15) is 0 Å². The lowest BCUT2D eigenvalue weighted by Crippen LogP contribution is -2.36. The number of nitrogens with zero attached hydrogens (tertiary/aromatic N) is 3. The minimum Gasteiger partial charge on any atom is -0.338 e. The van der Waals surface area contributed by atoms with Crippen molar-refractivity contribution in [2.75, 3.05) is 24.5 Å². The Labute approximate surface area is 108 Å². The molecule has 0 aromatic carbocycles. The Morgan fingerprint density at radius 3 is 2.78 bits per heavy atom. The molecule has 3 heterocycles. The Morgan fingerprint density at radius 2 is 2.11 bits per heavy atom. The lowest BCUT2D eigenvalue weighted by Gasteiger charge is -2.25. The van der Waals surface area contributed by atoms with Crippen LogP contribution in [0.1, 0.15) is 51.3 Å². The summed E-state index contributed by atoms with van der Waals surface area (Å²) in [6, 6.07) is 0. The van der Waals surface area contributed by atoms with Gasteiger partial charge in [0.1, 0.15) is 0 Å². The topological polar surface area (TPSA) is 54.2 Å². The lowest BCUT2D eigenvalue weighted by molar-refractivity contribution is 0.249. The van der Waals surface area contributed by atoms with Crippen LogP contribution in [0.3, 0.4) is 0 Å². The van der Waals surface area contributed by atoms with Crippen LogP contribution in [0.2, 0.25) is 0 Å². The van der Waals surface area contributed by atoms with Crippen molar-refractivity contribution in [2.45, 2.75) is 51.0 Å². The monoisotopic (exact) mass is 250 g/mol. The second kappa shape index (κ2) is 4.88. The molecular weight excluding hydrogens is 228 g/mol. The molecule has 1 aromatic rings. The van der Waals surface area contributed by atoms with Gasteiger partial charge >= 0.3 is 0 Å². The first-order valence-corrected chi connectivity index (χ1v) is 7.18. The summed E-state index contributed by atoms with van der Waals surface area (Å²) in [6.45, 7) is 5.36. The maximum Gasteiger partial charge on any atom is 0.266 e. The molecule has 2 fully saturated rings. The molecule has 0 aliphatic carbocycles. The zero-order chi connectivity index (χ0) is 12.4. The summed E-state index contributed by atoms with van der Waals surface area (Å²) < 4.78 is 5.53. The molecule has 0 amide bonds.